The molecule has 1 aliphatic heterocycles. The number of carbonyl (C=O) groups excluding carboxylic acids is 1. The van der Waals surface area contributed by atoms with Gasteiger partial charge in [0.05, 0.1) is 0 Å². The fraction of sp³-hybridized carbons (Fsp3) is 0.176. The lowest BCUT2D eigenvalue weighted by atomic mass is 10.2. The Morgan fingerprint density at radius 1 is 1.09 bits per heavy atom. The largest absolute Gasteiger partial charge is 0.424 e. The first-order valence-electron chi connectivity index (χ1n) is 7.30. The highest BCUT2D eigenvalue weighted by molar-refractivity contribution is 6.00. The quantitative estimate of drug-likeness (QED) is 0.806. The Morgan fingerprint density at radius 3 is 2.68 bits per heavy atom. The molecule has 2 aromatic carbocycles. The zero-order valence-electron chi connectivity index (χ0n) is 11.9. The van der Waals surface area contributed by atoms with E-state index in [1.165, 1.54) is 0 Å². The number of nitrogens with zero attached hydrogens (tertiary/aromatic N) is 2. The van der Waals surface area contributed by atoms with Crippen molar-refractivity contribution in [1.29, 1.82) is 0 Å². The summed E-state index contributed by atoms with van der Waals surface area (Å²) in [6.45, 7) is 0.695. The molecular weight excluding hydrogens is 278 g/mol. The van der Waals surface area contributed by atoms with Gasteiger partial charge >= 0.3 is 0 Å². The zero-order chi connectivity index (χ0) is 14.9. The van der Waals surface area contributed by atoms with Gasteiger partial charge in [-0.3, -0.25) is 4.79 Å². The number of anilines is 2. The number of rotatable bonds is 3. The number of carbonyl (C=O) groups is 1. The van der Waals surface area contributed by atoms with Crippen LogP contribution in [0.4, 0.5) is 11.7 Å². The van der Waals surface area contributed by atoms with Gasteiger partial charge in [0, 0.05) is 12.2 Å². The Labute approximate surface area is 127 Å². The van der Waals surface area contributed by atoms with E-state index in [1.807, 2.05) is 54.6 Å². The molecule has 0 spiro atoms. The van der Waals surface area contributed by atoms with Gasteiger partial charge in [0.25, 0.3) is 6.01 Å². The van der Waals surface area contributed by atoms with Crippen LogP contribution in [0.1, 0.15) is 6.42 Å². The predicted molar refractivity (Wildman–Crippen MR) is 84.8 cm³/mol. The average Bonchev–Trinajstić information content (AvgIpc) is 3.12. The predicted octanol–water partition coefficient (Wildman–Crippen LogP) is 3.05. The van der Waals surface area contributed by atoms with Gasteiger partial charge in [-0.05, 0) is 30.7 Å². The SMILES string of the molecule is O=C1C(Nc2nc3ccccc3o2)CCN1c1ccccc1. The first-order chi connectivity index (χ1) is 10.8. The molecule has 1 aromatic heterocycles. The maximum absolute atomic E-state index is 12.5. The van der Waals surface area contributed by atoms with Crippen molar-refractivity contribution in [3.8, 4) is 0 Å². The van der Waals surface area contributed by atoms with E-state index in [0.29, 0.717) is 12.6 Å². The topological polar surface area (TPSA) is 58.4 Å². The lowest BCUT2D eigenvalue weighted by Gasteiger charge is -2.16. The number of nitrogens with one attached hydrogen (secondary N) is 1. The summed E-state index contributed by atoms with van der Waals surface area (Å²) >= 11 is 0. The summed E-state index contributed by atoms with van der Waals surface area (Å²) in [7, 11) is 0. The van der Waals surface area contributed by atoms with Gasteiger partial charge in [0.2, 0.25) is 5.91 Å². The monoisotopic (exact) mass is 293 g/mol. The molecule has 0 radical (unpaired) electrons. The highest BCUT2D eigenvalue weighted by atomic mass is 16.4. The van der Waals surface area contributed by atoms with Gasteiger partial charge in [-0.1, -0.05) is 30.3 Å². The first-order valence-corrected chi connectivity index (χ1v) is 7.30. The van der Waals surface area contributed by atoms with E-state index in [9.17, 15) is 4.79 Å². The number of amides is 1. The van der Waals surface area contributed by atoms with E-state index >= 15 is 0 Å². The van der Waals surface area contributed by atoms with Crippen LogP contribution >= 0.6 is 0 Å². The number of oxazole rings is 1. The van der Waals surface area contributed by atoms with Crippen molar-refractivity contribution in [3.05, 3.63) is 54.6 Å². The van der Waals surface area contributed by atoms with Crippen LogP contribution < -0.4 is 10.2 Å². The van der Waals surface area contributed by atoms with E-state index in [2.05, 4.69) is 10.3 Å². The summed E-state index contributed by atoms with van der Waals surface area (Å²) in [4.78, 5) is 18.7. The molecule has 0 bridgehead atoms. The number of hydrogen-bond acceptors (Lipinski definition) is 4. The molecule has 1 N–H and O–H groups in total. The normalized spacial score (nSPS) is 18.1. The van der Waals surface area contributed by atoms with Crippen LogP contribution in [0, 0.1) is 0 Å². The fourth-order valence-corrected chi connectivity index (χ4v) is 2.76. The maximum Gasteiger partial charge on any atom is 0.296 e. The third kappa shape index (κ3) is 2.20. The van der Waals surface area contributed by atoms with Crippen molar-refractivity contribution in [2.75, 3.05) is 16.8 Å². The highest BCUT2D eigenvalue weighted by Crippen LogP contribution is 2.24. The number of hydrogen-bond donors (Lipinski definition) is 1. The van der Waals surface area contributed by atoms with Crippen LogP contribution in [0.5, 0.6) is 0 Å². The van der Waals surface area contributed by atoms with Gasteiger partial charge in [-0.2, -0.15) is 4.98 Å². The number of para-hydroxylation sites is 3. The van der Waals surface area contributed by atoms with Crippen molar-refractivity contribution in [3.63, 3.8) is 0 Å². The maximum atomic E-state index is 12.5. The molecule has 2 heterocycles. The van der Waals surface area contributed by atoms with Crippen LogP contribution in [0.25, 0.3) is 11.1 Å². The standard InChI is InChI=1S/C17H15N3O2/c21-16-14(10-11-20(16)12-6-2-1-3-7-12)19-17-18-13-8-4-5-9-15(13)22-17/h1-9,14H,10-11H2,(H,18,19). The van der Waals surface area contributed by atoms with E-state index in [0.717, 1.165) is 23.2 Å². The van der Waals surface area contributed by atoms with Crippen LogP contribution in [0.2, 0.25) is 0 Å². The minimum atomic E-state index is -0.298. The van der Waals surface area contributed by atoms with Crippen LogP contribution in [-0.4, -0.2) is 23.5 Å². The lowest BCUT2D eigenvalue weighted by molar-refractivity contribution is -0.117. The highest BCUT2D eigenvalue weighted by Gasteiger charge is 2.33. The molecule has 0 aliphatic carbocycles. The summed E-state index contributed by atoms with van der Waals surface area (Å²) in [5.74, 6) is 0.0495. The van der Waals surface area contributed by atoms with Crippen molar-refractivity contribution in [1.82, 2.24) is 4.98 Å². The van der Waals surface area contributed by atoms with E-state index in [-0.39, 0.29) is 11.9 Å². The molecule has 1 saturated heterocycles. The Kier molecular flexibility index (Phi) is 3.04. The van der Waals surface area contributed by atoms with E-state index < -0.39 is 0 Å². The summed E-state index contributed by atoms with van der Waals surface area (Å²) in [5.41, 5.74) is 2.43. The Balaban J connectivity index is 1.53. The minimum absolute atomic E-state index is 0.0495. The molecule has 22 heavy (non-hydrogen) atoms. The zero-order valence-corrected chi connectivity index (χ0v) is 11.9. The average molecular weight is 293 g/mol. The molecule has 1 fully saturated rings. The number of aromatic nitrogens is 1. The van der Waals surface area contributed by atoms with Gasteiger partial charge in [-0.15, -0.1) is 0 Å². The molecule has 1 aliphatic rings. The van der Waals surface area contributed by atoms with E-state index in [1.54, 1.807) is 4.90 Å². The summed E-state index contributed by atoms with van der Waals surface area (Å²) in [6, 6.07) is 17.4. The molecule has 110 valence electrons. The van der Waals surface area contributed by atoms with Crippen LogP contribution in [0.15, 0.2) is 59.0 Å². The third-order valence-corrected chi connectivity index (χ3v) is 3.86. The molecule has 5 nitrogen and oxygen atoms in total. The van der Waals surface area contributed by atoms with Crippen molar-refractivity contribution in [2.45, 2.75) is 12.5 Å². The lowest BCUT2D eigenvalue weighted by Crippen LogP contribution is -2.33. The second kappa shape index (κ2) is 5.18. The van der Waals surface area contributed by atoms with Crippen LogP contribution in [0.3, 0.4) is 0 Å². The van der Waals surface area contributed by atoms with Crippen molar-refractivity contribution < 1.29 is 9.21 Å². The van der Waals surface area contributed by atoms with Gasteiger partial charge in [0.15, 0.2) is 5.58 Å². The van der Waals surface area contributed by atoms with Crippen molar-refractivity contribution in [2.24, 2.45) is 0 Å². The second-order valence-corrected chi connectivity index (χ2v) is 5.30. The summed E-state index contributed by atoms with van der Waals surface area (Å²) < 4.78 is 5.63. The number of fused-ring (bicyclic) bond motifs is 1. The smallest absolute Gasteiger partial charge is 0.296 e. The fourth-order valence-electron chi connectivity index (χ4n) is 2.76. The van der Waals surface area contributed by atoms with Crippen molar-refractivity contribution >= 4 is 28.7 Å². The van der Waals surface area contributed by atoms with Gasteiger partial charge in [-0.25, -0.2) is 0 Å². The molecule has 1 amide bonds. The molecule has 4 rings (SSSR count). The van der Waals surface area contributed by atoms with Gasteiger partial charge in [0.1, 0.15) is 11.6 Å². The van der Waals surface area contributed by atoms with Crippen LogP contribution in [-0.2, 0) is 4.79 Å². The summed E-state index contributed by atoms with van der Waals surface area (Å²) in [6.07, 6.45) is 0.729. The Bertz CT molecular complexity index is 780. The van der Waals surface area contributed by atoms with Gasteiger partial charge < -0.3 is 14.6 Å². The second-order valence-electron chi connectivity index (χ2n) is 5.30. The molecule has 3 aromatic rings. The molecular formula is C17H15N3O2. The Morgan fingerprint density at radius 2 is 1.86 bits per heavy atom. The minimum Gasteiger partial charge on any atom is -0.424 e. The molecule has 0 saturated carbocycles. The third-order valence-electron chi connectivity index (χ3n) is 3.86. The number of benzene rings is 2. The first kappa shape index (κ1) is 12.9. The van der Waals surface area contributed by atoms with E-state index in [4.69, 9.17) is 4.42 Å². The molecule has 1 atom stereocenters. The molecule has 5 heteroatoms. The Hall–Kier alpha value is -2.82. The summed E-state index contributed by atoms with van der Waals surface area (Å²) in [5, 5.41) is 3.11. The molecule has 1 unspecified atom stereocenters.